The summed E-state index contributed by atoms with van der Waals surface area (Å²) in [4.78, 5) is 27.8. The van der Waals surface area contributed by atoms with Crippen molar-refractivity contribution in [2.75, 3.05) is 23.7 Å². The third kappa shape index (κ3) is 7.50. The number of nitrogens with zero attached hydrogens (tertiary/aromatic N) is 2. The van der Waals surface area contributed by atoms with Crippen LogP contribution in [0, 0.1) is 0 Å². The van der Waals surface area contributed by atoms with Crippen LogP contribution in [0.3, 0.4) is 0 Å². The zero-order valence-electron chi connectivity index (χ0n) is 19.2. The van der Waals surface area contributed by atoms with E-state index in [4.69, 9.17) is 34.8 Å². The Morgan fingerprint density at radius 1 is 1.03 bits per heavy atom. The second-order valence-electron chi connectivity index (χ2n) is 7.71. The van der Waals surface area contributed by atoms with E-state index in [2.05, 4.69) is 5.32 Å². The summed E-state index contributed by atoms with van der Waals surface area (Å²) < 4.78 is 26.1. The molecule has 0 saturated carbocycles. The maximum atomic E-state index is 13.6. The number of carbonyl (C=O) groups excluding carboxylic acids is 2. The molecule has 7 nitrogen and oxygen atoms in total. The highest BCUT2D eigenvalue weighted by Gasteiger charge is 2.32. The molecule has 2 rings (SSSR count). The van der Waals surface area contributed by atoms with Crippen molar-refractivity contribution >= 4 is 62.3 Å². The van der Waals surface area contributed by atoms with E-state index in [1.165, 1.54) is 17.0 Å². The van der Waals surface area contributed by atoms with Gasteiger partial charge in [0.1, 0.15) is 12.6 Å². The van der Waals surface area contributed by atoms with Crippen LogP contribution in [-0.4, -0.2) is 50.5 Å². The number of anilines is 1. The summed E-state index contributed by atoms with van der Waals surface area (Å²) in [6.45, 7) is 3.72. The van der Waals surface area contributed by atoms with E-state index in [1.54, 1.807) is 37.3 Å². The lowest BCUT2D eigenvalue weighted by Crippen LogP contribution is -2.52. The van der Waals surface area contributed by atoms with Crippen LogP contribution in [0.4, 0.5) is 5.69 Å². The van der Waals surface area contributed by atoms with Gasteiger partial charge in [0.2, 0.25) is 21.8 Å². The Bertz CT molecular complexity index is 1110. The van der Waals surface area contributed by atoms with Crippen molar-refractivity contribution in [1.29, 1.82) is 0 Å². The predicted octanol–water partition coefficient (Wildman–Crippen LogP) is 4.75. The van der Waals surface area contributed by atoms with E-state index in [0.29, 0.717) is 18.0 Å². The second-order valence-corrected chi connectivity index (χ2v) is 10.8. The molecular formula is C23H28Cl3N3O4S. The van der Waals surface area contributed by atoms with Crippen LogP contribution in [0.1, 0.15) is 32.3 Å². The molecule has 2 amide bonds. The second kappa shape index (κ2) is 12.6. The van der Waals surface area contributed by atoms with Crippen molar-refractivity contribution < 1.29 is 18.0 Å². The maximum Gasteiger partial charge on any atom is 0.244 e. The number of carbonyl (C=O) groups is 2. The third-order valence-corrected chi connectivity index (χ3v) is 7.27. The molecule has 11 heteroatoms. The lowest BCUT2D eigenvalue weighted by Gasteiger charge is -2.33. The summed E-state index contributed by atoms with van der Waals surface area (Å²) in [7, 11) is -3.91. The van der Waals surface area contributed by atoms with Crippen LogP contribution in [0.2, 0.25) is 15.1 Å². The van der Waals surface area contributed by atoms with Gasteiger partial charge in [-0.15, -0.1) is 0 Å². The summed E-state index contributed by atoms with van der Waals surface area (Å²) >= 11 is 18.3. The number of amides is 2. The molecule has 34 heavy (non-hydrogen) atoms. The number of hydrogen-bond acceptors (Lipinski definition) is 4. The Kier molecular flexibility index (Phi) is 10.5. The van der Waals surface area contributed by atoms with Crippen molar-refractivity contribution in [1.82, 2.24) is 10.2 Å². The van der Waals surface area contributed by atoms with Crippen LogP contribution >= 0.6 is 34.8 Å². The van der Waals surface area contributed by atoms with Gasteiger partial charge in [-0.05, 0) is 42.7 Å². The fourth-order valence-corrected chi connectivity index (χ4v) is 4.78. The fourth-order valence-electron chi connectivity index (χ4n) is 3.35. The summed E-state index contributed by atoms with van der Waals surface area (Å²) in [5.41, 5.74) is 0.825. The molecule has 0 fully saturated rings. The predicted molar refractivity (Wildman–Crippen MR) is 138 cm³/mol. The van der Waals surface area contributed by atoms with E-state index in [0.717, 1.165) is 22.5 Å². The fraction of sp³-hybridized carbons (Fsp3) is 0.391. The topological polar surface area (TPSA) is 86.8 Å². The molecule has 0 aliphatic rings. The Hall–Kier alpha value is -2.00. The summed E-state index contributed by atoms with van der Waals surface area (Å²) in [5, 5.41) is 3.53. The highest BCUT2D eigenvalue weighted by Crippen LogP contribution is 2.33. The van der Waals surface area contributed by atoms with Crippen molar-refractivity contribution in [3.63, 3.8) is 0 Å². The largest absolute Gasteiger partial charge is 0.354 e. The average molecular weight is 549 g/mol. The third-order valence-electron chi connectivity index (χ3n) is 5.08. The van der Waals surface area contributed by atoms with Gasteiger partial charge in [0.25, 0.3) is 0 Å². The number of benzene rings is 2. The van der Waals surface area contributed by atoms with Crippen LogP contribution in [0.25, 0.3) is 0 Å². The number of sulfonamides is 1. The first-order chi connectivity index (χ1) is 16.0. The first kappa shape index (κ1) is 28.2. The van der Waals surface area contributed by atoms with E-state index >= 15 is 0 Å². The molecule has 186 valence electrons. The molecule has 0 bridgehead atoms. The van der Waals surface area contributed by atoms with Gasteiger partial charge in [0.05, 0.1) is 22.0 Å². The molecule has 1 atom stereocenters. The molecule has 1 N–H and O–H groups in total. The SMILES string of the molecule is CCCNC(=O)[C@@H](CC)N(Cc1ccc(Cl)cc1)C(=O)CN(c1cccc(Cl)c1Cl)S(C)(=O)=O. The molecule has 2 aromatic carbocycles. The normalized spacial score (nSPS) is 12.2. The quantitative estimate of drug-likeness (QED) is 0.439. The lowest BCUT2D eigenvalue weighted by atomic mass is 10.1. The zero-order chi connectivity index (χ0) is 25.5. The number of nitrogens with one attached hydrogen (secondary N) is 1. The van der Waals surface area contributed by atoms with Crippen molar-refractivity contribution in [2.24, 2.45) is 0 Å². The highest BCUT2D eigenvalue weighted by molar-refractivity contribution is 7.92. The molecule has 2 aromatic rings. The summed E-state index contributed by atoms with van der Waals surface area (Å²) in [6.07, 6.45) is 2.06. The first-order valence-electron chi connectivity index (χ1n) is 10.7. The molecule has 0 heterocycles. The van der Waals surface area contributed by atoms with E-state index in [1.807, 2.05) is 6.92 Å². The maximum absolute atomic E-state index is 13.6. The standard InChI is InChI=1S/C23H28Cl3N3O4S/c1-4-13-27-23(31)19(5-2)28(14-16-9-11-17(24)12-10-16)21(30)15-29(34(3,32)33)20-8-6-7-18(25)22(20)26/h6-12,19H,4-5,13-15H2,1-3H3,(H,27,31)/t19-/m1/s1. The van der Waals surface area contributed by atoms with E-state index in [-0.39, 0.29) is 28.2 Å². The minimum atomic E-state index is -3.91. The van der Waals surface area contributed by atoms with Gasteiger partial charge in [0, 0.05) is 18.1 Å². The Balaban J connectivity index is 2.46. The summed E-state index contributed by atoms with van der Waals surface area (Å²) in [5.74, 6) is -0.867. The van der Waals surface area contributed by atoms with Crippen LogP contribution in [0.15, 0.2) is 42.5 Å². The molecule has 0 radical (unpaired) electrons. The van der Waals surface area contributed by atoms with Gasteiger partial charge in [-0.2, -0.15) is 0 Å². The van der Waals surface area contributed by atoms with Crippen LogP contribution < -0.4 is 9.62 Å². The molecular weight excluding hydrogens is 521 g/mol. The van der Waals surface area contributed by atoms with Crippen LogP contribution in [-0.2, 0) is 26.2 Å². The summed E-state index contributed by atoms with van der Waals surface area (Å²) in [6, 6.07) is 10.6. The minimum absolute atomic E-state index is 0.0133. The monoisotopic (exact) mass is 547 g/mol. The lowest BCUT2D eigenvalue weighted by molar-refractivity contribution is -0.140. The van der Waals surface area contributed by atoms with Gasteiger partial charge in [0.15, 0.2) is 0 Å². The van der Waals surface area contributed by atoms with Gasteiger partial charge in [-0.1, -0.05) is 66.8 Å². The smallest absolute Gasteiger partial charge is 0.244 e. The number of hydrogen-bond donors (Lipinski definition) is 1. The Labute approximate surface area is 216 Å². The van der Waals surface area contributed by atoms with Gasteiger partial charge < -0.3 is 10.2 Å². The first-order valence-corrected chi connectivity index (χ1v) is 13.7. The van der Waals surface area contributed by atoms with Crippen molar-refractivity contribution in [3.05, 3.63) is 63.1 Å². The zero-order valence-corrected chi connectivity index (χ0v) is 22.3. The van der Waals surface area contributed by atoms with Gasteiger partial charge >= 0.3 is 0 Å². The highest BCUT2D eigenvalue weighted by atomic mass is 35.5. The Morgan fingerprint density at radius 2 is 1.68 bits per heavy atom. The molecule has 0 saturated heterocycles. The van der Waals surface area contributed by atoms with Crippen molar-refractivity contribution in [2.45, 2.75) is 39.3 Å². The Morgan fingerprint density at radius 3 is 2.24 bits per heavy atom. The molecule has 0 aliphatic carbocycles. The average Bonchev–Trinajstić information content (AvgIpc) is 2.78. The number of halogens is 3. The molecule has 0 aliphatic heterocycles. The van der Waals surface area contributed by atoms with Gasteiger partial charge in [-0.3, -0.25) is 13.9 Å². The van der Waals surface area contributed by atoms with E-state index < -0.39 is 28.5 Å². The van der Waals surface area contributed by atoms with Crippen molar-refractivity contribution in [3.8, 4) is 0 Å². The van der Waals surface area contributed by atoms with Crippen LogP contribution in [0.5, 0.6) is 0 Å². The minimum Gasteiger partial charge on any atom is -0.354 e. The number of rotatable bonds is 11. The van der Waals surface area contributed by atoms with Gasteiger partial charge in [-0.25, -0.2) is 8.42 Å². The van der Waals surface area contributed by atoms with E-state index in [9.17, 15) is 18.0 Å². The molecule has 0 aromatic heterocycles. The molecule has 0 spiro atoms. The molecule has 0 unspecified atom stereocenters.